The molecule has 5 heteroatoms. The minimum absolute atomic E-state index is 0.323. The van der Waals surface area contributed by atoms with Crippen LogP contribution in [0.4, 0.5) is 5.95 Å². The molecule has 2 aromatic rings. The van der Waals surface area contributed by atoms with Gasteiger partial charge in [-0.15, -0.1) is 0 Å². The van der Waals surface area contributed by atoms with Crippen molar-refractivity contribution in [3.63, 3.8) is 0 Å². The lowest BCUT2D eigenvalue weighted by Crippen LogP contribution is -2.27. The predicted molar refractivity (Wildman–Crippen MR) is 79.5 cm³/mol. The first kappa shape index (κ1) is 12.8. The van der Waals surface area contributed by atoms with Crippen molar-refractivity contribution >= 4 is 28.6 Å². The zero-order valence-electron chi connectivity index (χ0n) is 11.1. The average molecular weight is 279 g/mol. The molecule has 3 rings (SSSR count). The van der Waals surface area contributed by atoms with E-state index in [4.69, 9.17) is 17.3 Å². The maximum Gasteiger partial charge on any atom is 0.201 e. The summed E-state index contributed by atoms with van der Waals surface area (Å²) in [6.45, 7) is 5.62. The number of hydrogen-bond acceptors (Lipinski definition) is 3. The van der Waals surface area contributed by atoms with E-state index in [1.807, 2.05) is 18.2 Å². The van der Waals surface area contributed by atoms with E-state index in [2.05, 4.69) is 21.4 Å². The first-order valence-electron chi connectivity index (χ1n) is 6.80. The van der Waals surface area contributed by atoms with Gasteiger partial charge in [0.1, 0.15) is 0 Å². The average Bonchev–Trinajstić information content (AvgIpc) is 2.95. The third kappa shape index (κ3) is 2.42. The Morgan fingerprint density at radius 3 is 2.84 bits per heavy atom. The van der Waals surface area contributed by atoms with Crippen LogP contribution in [0, 0.1) is 0 Å². The molecule has 0 spiro atoms. The Labute approximate surface area is 118 Å². The van der Waals surface area contributed by atoms with Crippen molar-refractivity contribution in [1.82, 2.24) is 14.5 Å². The monoisotopic (exact) mass is 278 g/mol. The van der Waals surface area contributed by atoms with E-state index < -0.39 is 0 Å². The number of fused-ring (bicyclic) bond motifs is 1. The molecule has 1 saturated heterocycles. The quantitative estimate of drug-likeness (QED) is 0.939. The van der Waals surface area contributed by atoms with Crippen molar-refractivity contribution in [2.24, 2.45) is 0 Å². The zero-order chi connectivity index (χ0) is 13.4. The lowest BCUT2D eigenvalue weighted by atomic mass is 10.2. The van der Waals surface area contributed by atoms with Crippen molar-refractivity contribution in [1.29, 1.82) is 0 Å². The van der Waals surface area contributed by atoms with Crippen LogP contribution in [0.3, 0.4) is 0 Å². The summed E-state index contributed by atoms with van der Waals surface area (Å²) in [6.07, 6.45) is 2.62. The highest BCUT2D eigenvalue weighted by atomic mass is 35.5. The number of aromatic nitrogens is 2. The number of benzene rings is 1. The molecule has 0 saturated carbocycles. The molecule has 1 aliphatic heterocycles. The van der Waals surface area contributed by atoms with Crippen LogP contribution >= 0.6 is 11.6 Å². The lowest BCUT2D eigenvalue weighted by Gasteiger charge is -2.22. The third-order valence-corrected chi connectivity index (χ3v) is 4.08. The summed E-state index contributed by atoms with van der Waals surface area (Å²) < 4.78 is 2.12. The molecule has 1 unspecified atom stereocenters. The van der Waals surface area contributed by atoms with E-state index in [-0.39, 0.29) is 0 Å². The molecule has 1 atom stereocenters. The Balaban J connectivity index is 1.92. The first-order valence-corrected chi connectivity index (χ1v) is 7.18. The number of nitrogen functional groups attached to an aromatic ring is 1. The van der Waals surface area contributed by atoms with Crippen LogP contribution in [0.2, 0.25) is 5.02 Å². The topological polar surface area (TPSA) is 47.1 Å². The number of nitrogens with two attached hydrogens (primary N) is 1. The van der Waals surface area contributed by atoms with Crippen LogP contribution in [0.25, 0.3) is 11.0 Å². The SMILES string of the molecule is CC(CN1CCCC1)n1c(N)nc2cc(Cl)ccc21. The Bertz CT molecular complexity index is 586. The molecule has 2 N–H and O–H groups in total. The number of likely N-dealkylation sites (tertiary alicyclic amines) is 1. The van der Waals surface area contributed by atoms with Crippen LogP contribution < -0.4 is 5.73 Å². The molecule has 1 aromatic heterocycles. The maximum absolute atomic E-state index is 6.07. The van der Waals surface area contributed by atoms with Crippen LogP contribution in [-0.4, -0.2) is 34.1 Å². The summed E-state index contributed by atoms with van der Waals surface area (Å²) in [5.74, 6) is 0.573. The van der Waals surface area contributed by atoms with E-state index in [0.717, 1.165) is 17.6 Å². The molecule has 1 aromatic carbocycles. The van der Waals surface area contributed by atoms with Crippen molar-refractivity contribution in [3.8, 4) is 0 Å². The molecule has 1 aliphatic rings. The van der Waals surface area contributed by atoms with Crippen molar-refractivity contribution in [2.45, 2.75) is 25.8 Å². The van der Waals surface area contributed by atoms with Gasteiger partial charge in [0.05, 0.1) is 11.0 Å². The van der Waals surface area contributed by atoms with E-state index >= 15 is 0 Å². The zero-order valence-corrected chi connectivity index (χ0v) is 11.9. The van der Waals surface area contributed by atoms with Gasteiger partial charge in [0.2, 0.25) is 5.95 Å². The Morgan fingerprint density at radius 2 is 2.11 bits per heavy atom. The predicted octanol–water partition coefficient (Wildman–Crippen LogP) is 2.93. The van der Waals surface area contributed by atoms with Crippen molar-refractivity contribution in [3.05, 3.63) is 23.2 Å². The van der Waals surface area contributed by atoms with E-state index in [1.165, 1.54) is 25.9 Å². The minimum Gasteiger partial charge on any atom is -0.369 e. The van der Waals surface area contributed by atoms with E-state index in [0.29, 0.717) is 17.0 Å². The van der Waals surface area contributed by atoms with Crippen molar-refractivity contribution in [2.75, 3.05) is 25.4 Å². The second-order valence-electron chi connectivity index (χ2n) is 5.33. The number of rotatable bonds is 3. The highest BCUT2D eigenvalue weighted by molar-refractivity contribution is 6.31. The Hall–Kier alpha value is -1.26. The maximum atomic E-state index is 6.07. The molecular weight excluding hydrogens is 260 g/mol. The summed E-state index contributed by atoms with van der Waals surface area (Å²) in [6, 6.07) is 6.09. The molecule has 102 valence electrons. The van der Waals surface area contributed by atoms with Gasteiger partial charge in [-0.1, -0.05) is 11.6 Å². The first-order chi connectivity index (χ1) is 9.15. The van der Waals surface area contributed by atoms with Gasteiger partial charge in [-0.3, -0.25) is 0 Å². The highest BCUT2D eigenvalue weighted by Crippen LogP contribution is 2.26. The van der Waals surface area contributed by atoms with Gasteiger partial charge < -0.3 is 15.2 Å². The molecule has 0 amide bonds. The minimum atomic E-state index is 0.323. The molecular formula is C14H19ClN4. The Kier molecular flexibility index (Phi) is 3.37. The summed E-state index contributed by atoms with van der Waals surface area (Å²) in [5.41, 5.74) is 8.01. The fraction of sp³-hybridized carbons (Fsp3) is 0.500. The number of imidazole rings is 1. The third-order valence-electron chi connectivity index (χ3n) is 3.84. The van der Waals surface area contributed by atoms with Crippen LogP contribution in [-0.2, 0) is 0 Å². The summed E-state index contributed by atoms with van der Waals surface area (Å²) in [7, 11) is 0. The van der Waals surface area contributed by atoms with Gasteiger partial charge >= 0.3 is 0 Å². The smallest absolute Gasteiger partial charge is 0.201 e. The molecule has 0 radical (unpaired) electrons. The summed E-state index contributed by atoms with van der Waals surface area (Å²) in [4.78, 5) is 6.90. The lowest BCUT2D eigenvalue weighted by molar-refractivity contribution is 0.291. The van der Waals surface area contributed by atoms with Crippen molar-refractivity contribution < 1.29 is 0 Å². The van der Waals surface area contributed by atoms with Crippen LogP contribution in [0.1, 0.15) is 25.8 Å². The Morgan fingerprint density at radius 1 is 1.37 bits per heavy atom. The summed E-state index contributed by atoms with van der Waals surface area (Å²) in [5, 5.41) is 0.698. The van der Waals surface area contributed by atoms with Gasteiger partial charge in [-0.05, 0) is 51.1 Å². The number of hydrogen-bond donors (Lipinski definition) is 1. The molecule has 0 aliphatic carbocycles. The van der Waals surface area contributed by atoms with Gasteiger partial charge in [-0.2, -0.15) is 0 Å². The van der Waals surface area contributed by atoms with Gasteiger partial charge in [0.15, 0.2) is 0 Å². The second kappa shape index (κ2) is 5.02. The molecule has 19 heavy (non-hydrogen) atoms. The molecule has 1 fully saturated rings. The fourth-order valence-corrected chi connectivity index (χ4v) is 3.14. The van der Waals surface area contributed by atoms with Gasteiger partial charge in [-0.25, -0.2) is 4.98 Å². The summed E-state index contributed by atoms with van der Waals surface area (Å²) >= 11 is 6.00. The largest absolute Gasteiger partial charge is 0.369 e. The van der Waals surface area contributed by atoms with Gasteiger partial charge in [0, 0.05) is 17.6 Å². The van der Waals surface area contributed by atoms with Crippen LogP contribution in [0.5, 0.6) is 0 Å². The standard InChI is InChI=1S/C14H19ClN4/c1-10(9-18-6-2-3-7-18)19-13-5-4-11(15)8-12(13)17-14(19)16/h4-5,8,10H,2-3,6-7,9H2,1H3,(H2,16,17). The molecule has 4 nitrogen and oxygen atoms in total. The highest BCUT2D eigenvalue weighted by Gasteiger charge is 2.19. The number of nitrogens with zero attached hydrogens (tertiary/aromatic N) is 3. The van der Waals surface area contributed by atoms with E-state index in [1.54, 1.807) is 0 Å². The number of anilines is 1. The normalized spacial score (nSPS) is 18.2. The van der Waals surface area contributed by atoms with E-state index in [9.17, 15) is 0 Å². The van der Waals surface area contributed by atoms with Gasteiger partial charge in [0.25, 0.3) is 0 Å². The second-order valence-corrected chi connectivity index (χ2v) is 5.77. The number of halogens is 1. The van der Waals surface area contributed by atoms with Crippen LogP contribution in [0.15, 0.2) is 18.2 Å². The molecule has 2 heterocycles. The molecule has 0 bridgehead atoms. The fourth-order valence-electron chi connectivity index (χ4n) is 2.97.